The molecule has 12 heavy (non-hydrogen) atoms. The molecule has 0 aliphatic carbocycles. The van der Waals surface area contributed by atoms with Crippen LogP contribution in [0.4, 0.5) is 4.79 Å². The van der Waals surface area contributed by atoms with Crippen LogP contribution in [0.25, 0.3) is 0 Å². The van der Waals surface area contributed by atoms with E-state index in [0.29, 0.717) is 0 Å². The van der Waals surface area contributed by atoms with Gasteiger partial charge in [-0.1, -0.05) is 6.92 Å². The smallest absolute Gasteiger partial charge is 0.450 e. The van der Waals surface area contributed by atoms with Crippen LogP contribution in [0.5, 0.6) is 0 Å². The van der Waals surface area contributed by atoms with Gasteiger partial charge in [0.05, 0.1) is 0 Å². The largest absolute Gasteiger partial charge is 0.503 e. The zero-order valence-corrected chi connectivity index (χ0v) is 8.72. The fourth-order valence-electron chi connectivity index (χ4n) is 0.447. The molecule has 68 valence electrons. The molecule has 0 saturated heterocycles. The fourth-order valence-corrected chi connectivity index (χ4v) is 1.74. The maximum absolute atomic E-state index is 8.56. The summed E-state index contributed by atoms with van der Waals surface area (Å²) in [5.74, 6) is 0. The van der Waals surface area contributed by atoms with Gasteiger partial charge in [0.2, 0.25) is 0 Å². The Kier molecular flexibility index (Phi) is 5.65. The van der Waals surface area contributed by atoms with Gasteiger partial charge in [-0.2, -0.15) is 0 Å². The average Bonchev–Trinajstić information content (AvgIpc) is 2.34. The predicted octanol–water partition coefficient (Wildman–Crippen LogP) is 2.69. The fraction of sp³-hybridized carbons (Fsp3) is 0.333. The molecule has 0 aliphatic rings. The molecule has 1 aromatic heterocycles. The minimum Gasteiger partial charge on any atom is -0.450 e. The second-order valence-electron chi connectivity index (χ2n) is 1.72. The van der Waals surface area contributed by atoms with Gasteiger partial charge in [0.15, 0.2) is 3.92 Å². The summed E-state index contributed by atoms with van der Waals surface area (Å²) < 4.78 is 0.981. The Bertz CT molecular complexity index is 247. The highest BCUT2D eigenvalue weighted by Gasteiger charge is 1.92. The molecular formula is C6H8BrNO3S. The van der Waals surface area contributed by atoms with E-state index in [4.69, 9.17) is 15.0 Å². The van der Waals surface area contributed by atoms with Crippen LogP contribution < -0.4 is 0 Å². The topological polar surface area (TPSA) is 70.4 Å². The lowest BCUT2D eigenvalue weighted by Crippen LogP contribution is -1.81. The number of carbonyl (C=O) groups is 1. The van der Waals surface area contributed by atoms with Crippen molar-refractivity contribution in [1.82, 2.24) is 4.98 Å². The molecule has 4 nitrogen and oxygen atoms in total. The predicted molar refractivity (Wildman–Crippen MR) is 49.8 cm³/mol. The molecule has 0 saturated carbocycles. The summed E-state index contributed by atoms with van der Waals surface area (Å²) in [5, 5.41) is 13.9. The number of carboxylic acid groups (broad SMARTS) is 2. The Labute approximate surface area is 82.0 Å². The number of halogens is 1. The number of rotatable bonds is 1. The van der Waals surface area contributed by atoms with Crippen molar-refractivity contribution in [3.63, 3.8) is 0 Å². The summed E-state index contributed by atoms with van der Waals surface area (Å²) in [7, 11) is 0. The van der Waals surface area contributed by atoms with Gasteiger partial charge in [-0.3, -0.25) is 0 Å². The number of hydrogen-bond acceptors (Lipinski definition) is 3. The van der Waals surface area contributed by atoms with E-state index < -0.39 is 6.16 Å². The van der Waals surface area contributed by atoms with Gasteiger partial charge in [-0.25, -0.2) is 9.78 Å². The molecule has 0 atom stereocenters. The summed E-state index contributed by atoms with van der Waals surface area (Å²) in [4.78, 5) is 13.9. The highest BCUT2D eigenvalue weighted by molar-refractivity contribution is 9.11. The third kappa shape index (κ3) is 6.11. The van der Waals surface area contributed by atoms with Crippen LogP contribution in [0.3, 0.4) is 0 Å². The Morgan fingerprint density at radius 2 is 2.25 bits per heavy atom. The molecule has 0 amide bonds. The van der Waals surface area contributed by atoms with Crippen molar-refractivity contribution in [1.29, 1.82) is 0 Å². The quantitative estimate of drug-likeness (QED) is 0.808. The van der Waals surface area contributed by atoms with Crippen molar-refractivity contribution in [2.75, 3.05) is 0 Å². The first kappa shape index (κ1) is 11.4. The molecule has 0 bridgehead atoms. The van der Waals surface area contributed by atoms with Gasteiger partial charge < -0.3 is 10.2 Å². The third-order valence-corrected chi connectivity index (χ3v) is 2.49. The van der Waals surface area contributed by atoms with E-state index in [-0.39, 0.29) is 0 Å². The zero-order valence-electron chi connectivity index (χ0n) is 6.32. The first-order valence-corrected chi connectivity index (χ1v) is 4.69. The summed E-state index contributed by atoms with van der Waals surface area (Å²) in [6.45, 7) is 2.12. The van der Waals surface area contributed by atoms with E-state index in [1.165, 1.54) is 4.88 Å². The second kappa shape index (κ2) is 5.96. The third-order valence-electron chi connectivity index (χ3n) is 0.874. The second-order valence-corrected chi connectivity index (χ2v) is 4.11. The van der Waals surface area contributed by atoms with Gasteiger partial charge in [0.1, 0.15) is 0 Å². The lowest BCUT2D eigenvalue weighted by atomic mass is 10.4. The van der Waals surface area contributed by atoms with Crippen LogP contribution >= 0.6 is 27.3 Å². The van der Waals surface area contributed by atoms with Gasteiger partial charge >= 0.3 is 6.16 Å². The molecule has 0 aromatic carbocycles. The van der Waals surface area contributed by atoms with Gasteiger partial charge in [0.25, 0.3) is 0 Å². The standard InChI is InChI=1S/C5H6BrNS.CH2O3/c1-2-4-3-7-5(6)8-4;2-1(3)4/h3H,2H2,1H3;(H2,2,3,4). The zero-order chi connectivity index (χ0) is 9.56. The Hall–Kier alpha value is -0.620. The van der Waals surface area contributed by atoms with Crippen LogP contribution in [0.2, 0.25) is 0 Å². The van der Waals surface area contributed by atoms with Crippen molar-refractivity contribution < 1.29 is 15.0 Å². The summed E-state index contributed by atoms with van der Waals surface area (Å²) in [6, 6.07) is 0. The maximum Gasteiger partial charge on any atom is 0.503 e. The first-order valence-electron chi connectivity index (χ1n) is 3.08. The molecule has 6 heteroatoms. The van der Waals surface area contributed by atoms with Gasteiger partial charge in [0, 0.05) is 11.1 Å². The SMILES string of the molecule is CCc1cnc(Br)s1.O=C(O)O. The van der Waals surface area contributed by atoms with Crippen LogP contribution in [0.15, 0.2) is 10.1 Å². The van der Waals surface area contributed by atoms with Crippen LogP contribution in [0.1, 0.15) is 11.8 Å². The normalized spacial score (nSPS) is 8.50. The number of aryl methyl sites for hydroxylation is 1. The number of nitrogens with zero attached hydrogens (tertiary/aromatic N) is 1. The van der Waals surface area contributed by atoms with Gasteiger partial charge in [-0.15, -0.1) is 11.3 Å². The Morgan fingerprint density at radius 3 is 2.42 bits per heavy atom. The lowest BCUT2D eigenvalue weighted by Gasteiger charge is -1.77. The van der Waals surface area contributed by atoms with Crippen molar-refractivity contribution in [3.8, 4) is 0 Å². The minimum atomic E-state index is -1.83. The number of aromatic nitrogens is 1. The monoisotopic (exact) mass is 253 g/mol. The van der Waals surface area contributed by atoms with Crippen LogP contribution in [0, 0.1) is 0 Å². The van der Waals surface area contributed by atoms with Gasteiger partial charge in [-0.05, 0) is 22.4 Å². The van der Waals surface area contributed by atoms with E-state index in [1.807, 2.05) is 6.20 Å². The summed E-state index contributed by atoms with van der Waals surface area (Å²) in [6.07, 6.45) is 1.15. The van der Waals surface area contributed by atoms with Crippen molar-refractivity contribution in [3.05, 3.63) is 15.0 Å². The van der Waals surface area contributed by atoms with E-state index in [9.17, 15) is 0 Å². The molecule has 0 radical (unpaired) electrons. The minimum absolute atomic E-state index is 0.981. The van der Waals surface area contributed by atoms with E-state index in [2.05, 4.69) is 27.8 Å². The number of thiazole rings is 1. The van der Waals surface area contributed by atoms with E-state index in [1.54, 1.807) is 11.3 Å². The molecule has 0 aliphatic heterocycles. The number of hydrogen-bond donors (Lipinski definition) is 2. The summed E-state index contributed by atoms with van der Waals surface area (Å²) >= 11 is 4.97. The lowest BCUT2D eigenvalue weighted by molar-refractivity contribution is 0.137. The summed E-state index contributed by atoms with van der Waals surface area (Å²) in [5.41, 5.74) is 0. The van der Waals surface area contributed by atoms with E-state index in [0.717, 1.165) is 10.3 Å². The van der Waals surface area contributed by atoms with Crippen molar-refractivity contribution >= 4 is 33.4 Å². The molecule has 0 unspecified atom stereocenters. The molecule has 1 rings (SSSR count). The van der Waals surface area contributed by atoms with Crippen LogP contribution in [-0.2, 0) is 6.42 Å². The molecule has 2 N–H and O–H groups in total. The maximum atomic E-state index is 8.56. The Balaban J connectivity index is 0.000000261. The van der Waals surface area contributed by atoms with Crippen LogP contribution in [-0.4, -0.2) is 21.4 Å². The van der Waals surface area contributed by atoms with Crippen molar-refractivity contribution in [2.24, 2.45) is 0 Å². The molecule has 1 aromatic rings. The molecule has 0 fully saturated rings. The molecule has 0 spiro atoms. The van der Waals surface area contributed by atoms with Crippen molar-refractivity contribution in [2.45, 2.75) is 13.3 Å². The highest BCUT2D eigenvalue weighted by atomic mass is 79.9. The Morgan fingerprint density at radius 1 is 1.75 bits per heavy atom. The molecular weight excluding hydrogens is 246 g/mol. The average molecular weight is 254 g/mol. The molecule has 1 heterocycles. The first-order chi connectivity index (χ1) is 5.56. The highest BCUT2D eigenvalue weighted by Crippen LogP contribution is 2.18. The van der Waals surface area contributed by atoms with E-state index >= 15 is 0 Å².